The Morgan fingerprint density at radius 2 is 1.89 bits per heavy atom. The number of amides is 1. The van der Waals surface area contributed by atoms with Gasteiger partial charge in [0.2, 0.25) is 0 Å². The van der Waals surface area contributed by atoms with Crippen LogP contribution in [0.1, 0.15) is 39.5 Å². The fraction of sp³-hybridized carbons (Fsp3) is 0.217. The van der Waals surface area contributed by atoms with Gasteiger partial charge in [-0.25, -0.2) is 4.79 Å². The lowest BCUT2D eigenvalue weighted by Crippen LogP contribution is -2.44. The second-order valence-electron chi connectivity index (χ2n) is 8.24. The second kappa shape index (κ2) is 7.80. The van der Waals surface area contributed by atoms with Crippen molar-refractivity contribution in [1.82, 2.24) is 13.7 Å². The van der Waals surface area contributed by atoms with Crippen LogP contribution in [-0.4, -0.2) is 19.6 Å². The van der Waals surface area contributed by atoms with Gasteiger partial charge in [-0.3, -0.25) is 23.5 Å². The first-order valence-corrected chi connectivity index (χ1v) is 11.3. The van der Waals surface area contributed by atoms with Crippen LogP contribution in [0.3, 0.4) is 0 Å². The largest absolute Gasteiger partial charge is 0.416 e. The van der Waals surface area contributed by atoms with Gasteiger partial charge in [0.1, 0.15) is 5.56 Å². The molecule has 1 unspecified atom stereocenters. The van der Waals surface area contributed by atoms with Gasteiger partial charge in [-0.2, -0.15) is 13.2 Å². The zero-order chi connectivity index (χ0) is 25.2. The smallest absolute Gasteiger partial charge is 0.365 e. The van der Waals surface area contributed by atoms with E-state index in [1.807, 2.05) is 0 Å². The van der Waals surface area contributed by atoms with E-state index in [2.05, 4.69) is 0 Å². The molecule has 1 aliphatic rings. The van der Waals surface area contributed by atoms with Crippen LogP contribution in [0.5, 0.6) is 0 Å². The standard InChI is InChI=1S/C23H17F3N4O4S/c1-28-17-7-5-11(9-18(17)35-22(28)34)29-10-14(19(27)31)20(32)30(21(29)33)16-8-6-12-13(16)3-2-4-15(12)23(24,25)26/h2-5,7,9-10,16H,6,8H2,1H3,(H2,27,31). The Kier molecular flexibility index (Phi) is 5.09. The van der Waals surface area contributed by atoms with Crippen LogP contribution in [0.2, 0.25) is 0 Å². The molecule has 8 nitrogen and oxygen atoms in total. The second-order valence-corrected chi connectivity index (χ2v) is 9.23. The number of hydrogen-bond donors (Lipinski definition) is 1. The summed E-state index contributed by atoms with van der Waals surface area (Å²) in [7, 11) is 1.60. The van der Waals surface area contributed by atoms with E-state index in [1.165, 1.54) is 16.7 Å². The number of nitrogens with two attached hydrogens (primary N) is 1. The average molecular weight is 502 g/mol. The fourth-order valence-corrected chi connectivity index (χ4v) is 5.55. The molecule has 1 atom stereocenters. The van der Waals surface area contributed by atoms with Gasteiger partial charge in [-0.05, 0) is 48.2 Å². The Labute approximate surface area is 198 Å². The molecular formula is C23H17F3N4O4S. The van der Waals surface area contributed by atoms with E-state index in [0.29, 0.717) is 10.2 Å². The summed E-state index contributed by atoms with van der Waals surface area (Å²) in [6.07, 6.45) is -3.49. The Morgan fingerprint density at radius 1 is 1.14 bits per heavy atom. The summed E-state index contributed by atoms with van der Waals surface area (Å²) >= 11 is 0.957. The molecule has 5 rings (SSSR count). The Morgan fingerprint density at radius 3 is 2.57 bits per heavy atom. The van der Waals surface area contributed by atoms with E-state index in [-0.39, 0.29) is 34.5 Å². The summed E-state index contributed by atoms with van der Waals surface area (Å²) in [6, 6.07) is 7.36. The number of thiazole rings is 1. The molecule has 0 bridgehead atoms. The van der Waals surface area contributed by atoms with Crippen molar-refractivity contribution >= 4 is 27.5 Å². The first-order chi connectivity index (χ1) is 16.5. The van der Waals surface area contributed by atoms with Crippen LogP contribution in [0.25, 0.3) is 15.9 Å². The molecule has 0 aliphatic heterocycles. The number of fused-ring (bicyclic) bond motifs is 2. The minimum atomic E-state index is -4.59. The fourth-order valence-electron chi connectivity index (χ4n) is 4.64. The van der Waals surface area contributed by atoms with E-state index >= 15 is 0 Å². The van der Waals surface area contributed by atoms with Gasteiger partial charge >= 0.3 is 16.7 Å². The number of nitrogens with zero attached hydrogens (tertiary/aromatic N) is 3. The predicted octanol–water partition coefficient (Wildman–Crippen LogP) is 2.57. The number of alkyl halides is 3. The first kappa shape index (κ1) is 22.8. The Bertz CT molecular complexity index is 1710. The quantitative estimate of drug-likeness (QED) is 0.464. The molecule has 0 saturated heterocycles. The highest BCUT2D eigenvalue weighted by Gasteiger charge is 2.38. The lowest BCUT2D eigenvalue weighted by molar-refractivity contribution is -0.138. The molecule has 1 amide bonds. The Hall–Kier alpha value is -3.93. The van der Waals surface area contributed by atoms with E-state index in [9.17, 15) is 32.3 Å². The van der Waals surface area contributed by atoms with Gasteiger partial charge in [0.15, 0.2) is 0 Å². The molecule has 1 aliphatic carbocycles. The summed E-state index contributed by atoms with van der Waals surface area (Å²) in [6.45, 7) is 0. The molecule has 35 heavy (non-hydrogen) atoms. The molecule has 4 aromatic rings. The van der Waals surface area contributed by atoms with Crippen LogP contribution >= 0.6 is 11.3 Å². The first-order valence-electron chi connectivity index (χ1n) is 10.5. The van der Waals surface area contributed by atoms with E-state index in [0.717, 1.165) is 32.7 Å². The number of aromatic nitrogens is 3. The normalized spacial score (nSPS) is 15.5. The van der Waals surface area contributed by atoms with Crippen LogP contribution in [0.4, 0.5) is 13.2 Å². The van der Waals surface area contributed by atoms with Crippen molar-refractivity contribution in [2.45, 2.75) is 25.1 Å². The minimum Gasteiger partial charge on any atom is -0.365 e. The number of hydrogen-bond acceptors (Lipinski definition) is 5. The molecular weight excluding hydrogens is 485 g/mol. The number of primary amides is 1. The number of aryl methyl sites for hydroxylation is 1. The minimum absolute atomic E-state index is 0.00624. The molecule has 0 fully saturated rings. The van der Waals surface area contributed by atoms with E-state index in [1.54, 1.807) is 25.2 Å². The van der Waals surface area contributed by atoms with Crippen molar-refractivity contribution in [2.75, 3.05) is 0 Å². The maximum atomic E-state index is 13.5. The molecule has 2 aromatic carbocycles. The Balaban J connectivity index is 1.76. The van der Waals surface area contributed by atoms with Crippen LogP contribution < -0.4 is 21.9 Å². The van der Waals surface area contributed by atoms with E-state index in [4.69, 9.17) is 5.73 Å². The van der Waals surface area contributed by atoms with Gasteiger partial charge < -0.3 is 10.3 Å². The molecule has 180 valence electrons. The molecule has 12 heteroatoms. The number of rotatable bonds is 3. The summed E-state index contributed by atoms with van der Waals surface area (Å²) < 4.78 is 44.4. The van der Waals surface area contributed by atoms with Crippen molar-refractivity contribution < 1.29 is 18.0 Å². The number of carbonyl (C=O) groups excluding carboxylic acids is 1. The van der Waals surface area contributed by atoms with Crippen molar-refractivity contribution in [1.29, 1.82) is 0 Å². The number of benzene rings is 2. The van der Waals surface area contributed by atoms with Crippen LogP contribution in [-0.2, 0) is 19.6 Å². The third-order valence-electron chi connectivity index (χ3n) is 6.30. The molecule has 2 heterocycles. The molecule has 0 radical (unpaired) electrons. The molecule has 0 saturated carbocycles. The van der Waals surface area contributed by atoms with E-state index < -0.39 is 40.5 Å². The zero-order valence-electron chi connectivity index (χ0n) is 18.1. The number of carbonyl (C=O) groups is 1. The number of halogens is 3. The topological polar surface area (TPSA) is 109 Å². The van der Waals surface area contributed by atoms with Crippen LogP contribution in [0, 0.1) is 0 Å². The van der Waals surface area contributed by atoms with Gasteiger partial charge in [-0.1, -0.05) is 23.5 Å². The third kappa shape index (κ3) is 3.52. The summed E-state index contributed by atoms with van der Waals surface area (Å²) in [5.41, 5.74) is 3.41. The molecule has 0 spiro atoms. The van der Waals surface area contributed by atoms with Gasteiger partial charge in [0.05, 0.1) is 27.5 Å². The maximum Gasteiger partial charge on any atom is 0.416 e. The van der Waals surface area contributed by atoms with Crippen LogP contribution in [0.15, 0.2) is 57.0 Å². The molecule has 2 N–H and O–H groups in total. The maximum absolute atomic E-state index is 13.5. The van der Waals surface area contributed by atoms with Crippen molar-refractivity contribution in [3.8, 4) is 5.69 Å². The highest BCUT2D eigenvalue weighted by molar-refractivity contribution is 7.16. The van der Waals surface area contributed by atoms with Crippen molar-refractivity contribution in [3.63, 3.8) is 0 Å². The highest BCUT2D eigenvalue weighted by Crippen LogP contribution is 2.41. The van der Waals surface area contributed by atoms with Gasteiger partial charge in [0.25, 0.3) is 11.5 Å². The monoisotopic (exact) mass is 502 g/mol. The summed E-state index contributed by atoms with van der Waals surface area (Å²) in [5, 5.41) is 0. The lowest BCUT2D eigenvalue weighted by Gasteiger charge is -2.19. The lowest BCUT2D eigenvalue weighted by atomic mass is 10.0. The highest BCUT2D eigenvalue weighted by atomic mass is 32.1. The molecule has 2 aromatic heterocycles. The predicted molar refractivity (Wildman–Crippen MR) is 123 cm³/mol. The zero-order valence-corrected chi connectivity index (χ0v) is 18.9. The summed E-state index contributed by atoms with van der Waals surface area (Å²) in [5.74, 6) is -1.08. The summed E-state index contributed by atoms with van der Waals surface area (Å²) in [4.78, 5) is 50.6. The SMILES string of the molecule is Cn1c(=O)sc2cc(-n3cc(C(N)=O)c(=O)n(C4CCc5c4cccc5C(F)(F)F)c3=O)ccc21. The third-order valence-corrected chi connectivity index (χ3v) is 7.29. The van der Waals surface area contributed by atoms with Crippen molar-refractivity contribution in [2.24, 2.45) is 12.8 Å². The van der Waals surface area contributed by atoms with Gasteiger partial charge in [0, 0.05) is 13.2 Å². The van der Waals surface area contributed by atoms with Gasteiger partial charge in [-0.15, -0.1) is 0 Å². The van der Waals surface area contributed by atoms with Crippen molar-refractivity contribution in [3.05, 3.63) is 95.4 Å². The average Bonchev–Trinajstić information content (AvgIpc) is 3.33.